The van der Waals surface area contributed by atoms with Gasteiger partial charge in [0.1, 0.15) is 0 Å². The Morgan fingerprint density at radius 2 is 2.25 bits per heavy atom. The lowest BCUT2D eigenvalue weighted by Gasteiger charge is -2.17. The van der Waals surface area contributed by atoms with Crippen LogP contribution < -0.4 is 5.32 Å². The lowest BCUT2D eigenvalue weighted by Crippen LogP contribution is -2.20. The molecule has 0 spiro atoms. The second-order valence-corrected chi connectivity index (χ2v) is 4.32. The molecule has 0 aliphatic rings. The molecule has 12 heavy (non-hydrogen) atoms. The fraction of sp³-hybridized carbons (Fsp3) is 0.600. The van der Waals surface area contributed by atoms with E-state index in [0.717, 1.165) is 6.54 Å². The minimum absolute atomic E-state index is 0.678. The highest BCUT2D eigenvalue weighted by atomic mass is 32.1. The maximum atomic E-state index is 3.21. The summed E-state index contributed by atoms with van der Waals surface area (Å²) in [4.78, 5) is 1.50. The van der Waals surface area contributed by atoms with Gasteiger partial charge in [-0.1, -0.05) is 19.9 Å². The van der Waals surface area contributed by atoms with E-state index in [1.54, 1.807) is 0 Å². The van der Waals surface area contributed by atoms with Crippen molar-refractivity contribution in [1.29, 1.82) is 0 Å². The summed E-state index contributed by atoms with van der Waals surface area (Å²) in [7, 11) is 2.01. The summed E-state index contributed by atoms with van der Waals surface area (Å²) < 4.78 is 0. The molecule has 0 aliphatic carbocycles. The van der Waals surface area contributed by atoms with Gasteiger partial charge in [0.05, 0.1) is 0 Å². The zero-order valence-electron chi connectivity index (χ0n) is 8.00. The molecule has 0 bridgehead atoms. The monoisotopic (exact) mass is 183 g/mol. The minimum Gasteiger partial charge on any atom is -0.319 e. The van der Waals surface area contributed by atoms with E-state index in [1.165, 1.54) is 4.88 Å². The fourth-order valence-electron chi connectivity index (χ4n) is 1.33. The van der Waals surface area contributed by atoms with Gasteiger partial charge in [0.2, 0.25) is 0 Å². The molecule has 68 valence electrons. The van der Waals surface area contributed by atoms with Crippen LogP contribution in [0.15, 0.2) is 17.5 Å². The standard InChI is InChI=1S/C10H17NS/c1-8(7-11-3)9(2)10-5-4-6-12-10/h4-6,8-9,11H,7H2,1-3H3. The third kappa shape index (κ3) is 2.32. The van der Waals surface area contributed by atoms with Gasteiger partial charge in [-0.25, -0.2) is 0 Å². The Balaban J connectivity index is 2.53. The van der Waals surface area contributed by atoms with Gasteiger partial charge in [0.25, 0.3) is 0 Å². The molecule has 0 saturated heterocycles. The Bertz CT molecular complexity index is 206. The first-order valence-corrected chi connectivity index (χ1v) is 5.31. The van der Waals surface area contributed by atoms with Crippen molar-refractivity contribution in [3.8, 4) is 0 Å². The maximum absolute atomic E-state index is 3.21. The van der Waals surface area contributed by atoms with Crippen LogP contribution in [0.2, 0.25) is 0 Å². The van der Waals surface area contributed by atoms with E-state index < -0.39 is 0 Å². The topological polar surface area (TPSA) is 12.0 Å². The Labute approximate surface area is 78.8 Å². The van der Waals surface area contributed by atoms with Gasteiger partial charge in [-0.15, -0.1) is 11.3 Å². The van der Waals surface area contributed by atoms with Crippen LogP contribution in [0.5, 0.6) is 0 Å². The average Bonchev–Trinajstić information content (AvgIpc) is 2.55. The van der Waals surface area contributed by atoms with Crippen LogP contribution in [0.3, 0.4) is 0 Å². The molecule has 1 nitrogen and oxygen atoms in total. The van der Waals surface area contributed by atoms with Crippen LogP contribution in [0.4, 0.5) is 0 Å². The van der Waals surface area contributed by atoms with Gasteiger partial charge < -0.3 is 5.32 Å². The predicted molar refractivity (Wildman–Crippen MR) is 55.8 cm³/mol. The number of thiophene rings is 1. The van der Waals surface area contributed by atoms with Gasteiger partial charge in [0, 0.05) is 4.88 Å². The van der Waals surface area contributed by atoms with Gasteiger partial charge in [0.15, 0.2) is 0 Å². The van der Waals surface area contributed by atoms with E-state index in [1.807, 2.05) is 18.4 Å². The maximum Gasteiger partial charge on any atom is 0.00765 e. The fourth-order valence-corrected chi connectivity index (χ4v) is 2.25. The van der Waals surface area contributed by atoms with E-state index >= 15 is 0 Å². The molecule has 0 saturated carbocycles. The molecular weight excluding hydrogens is 166 g/mol. The molecule has 1 N–H and O–H groups in total. The highest BCUT2D eigenvalue weighted by Gasteiger charge is 2.13. The van der Waals surface area contributed by atoms with Crippen molar-refractivity contribution in [3.05, 3.63) is 22.4 Å². The normalized spacial score (nSPS) is 15.9. The van der Waals surface area contributed by atoms with Crippen molar-refractivity contribution in [2.75, 3.05) is 13.6 Å². The third-order valence-corrected chi connectivity index (χ3v) is 3.44. The molecule has 2 unspecified atom stereocenters. The molecule has 1 heterocycles. The SMILES string of the molecule is CNCC(C)C(C)c1cccs1. The Morgan fingerprint density at radius 1 is 1.50 bits per heavy atom. The zero-order valence-corrected chi connectivity index (χ0v) is 8.82. The van der Waals surface area contributed by atoms with Crippen LogP contribution in [-0.4, -0.2) is 13.6 Å². The summed E-state index contributed by atoms with van der Waals surface area (Å²) in [5.74, 6) is 1.39. The van der Waals surface area contributed by atoms with Crippen molar-refractivity contribution in [2.24, 2.45) is 5.92 Å². The Hall–Kier alpha value is -0.340. The summed E-state index contributed by atoms with van der Waals surface area (Å²) in [6, 6.07) is 4.35. The predicted octanol–water partition coefficient (Wildman–Crippen LogP) is 2.71. The van der Waals surface area contributed by atoms with E-state index in [2.05, 4.69) is 36.7 Å². The summed E-state index contributed by atoms with van der Waals surface area (Å²) in [6.45, 7) is 5.69. The second kappa shape index (κ2) is 4.63. The van der Waals surface area contributed by atoms with Crippen molar-refractivity contribution < 1.29 is 0 Å². The average molecular weight is 183 g/mol. The van der Waals surface area contributed by atoms with E-state index in [4.69, 9.17) is 0 Å². The number of hydrogen-bond acceptors (Lipinski definition) is 2. The zero-order chi connectivity index (χ0) is 8.97. The van der Waals surface area contributed by atoms with Crippen molar-refractivity contribution >= 4 is 11.3 Å². The first kappa shape index (κ1) is 9.75. The van der Waals surface area contributed by atoms with Crippen LogP contribution in [0.1, 0.15) is 24.6 Å². The molecule has 0 radical (unpaired) electrons. The van der Waals surface area contributed by atoms with Crippen molar-refractivity contribution in [3.63, 3.8) is 0 Å². The van der Waals surface area contributed by atoms with E-state index in [9.17, 15) is 0 Å². The number of hydrogen-bond donors (Lipinski definition) is 1. The highest BCUT2D eigenvalue weighted by Crippen LogP contribution is 2.27. The van der Waals surface area contributed by atoms with Crippen LogP contribution in [0.25, 0.3) is 0 Å². The summed E-state index contributed by atoms with van der Waals surface area (Å²) >= 11 is 1.86. The molecule has 1 rings (SSSR count). The molecule has 2 heteroatoms. The summed E-state index contributed by atoms with van der Waals surface area (Å²) in [5, 5.41) is 5.37. The van der Waals surface area contributed by atoms with E-state index in [-0.39, 0.29) is 0 Å². The highest BCUT2D eigenvalue weighted by molar-refractivity contribution is 7.10. The lowest BCUT2D eigenvalue weighted by molar-refractivity contribution is 0.471. The summed E-state index contributed by atoms with van der Waals surface area (Å²) in [5.41, 5.74) is 0. The number of nitrogens with one attached hydrogen (secondary N) is 1. The quantitative estimate of drug-likeness (QED) is 0.757. The molecule has 2 atom stereocenters. The van der Waals surface area contributed by atoms with Gasteiger partial charge in [-0.3, -0.25) is 0 Å². The molecule has 1 aromatic heterocycles. The van der Waals surface area contributed by atoms with Crippen LogP contribution in [-0.2, 0) is 0 Å². The summed E-state index contributed by atoms with van der Waals surface area (Å²) in [6.07, 6.45) is 0. The first-order valence-electron chi connectivity index (χ1n) is 4.43. The second-order valence-electron chi connectivity index (χ2n) is 3.34. The minimum atomic E-state index is 0.678. The number of rotatable bonds is 4. The molecule has 0 amide bonds. The molecular formula is C10H17NS. The van der Waals surface area contributed by atoms with Gasteiger partial charge >= 0.3 is 0 Å². The lowest BCUT2D eigenvalue weighted by atomic mass is 9.94. The Kier molecular flexibility index (Phi) is 3.76. The molecule has 0 aliphatic heterocycles. The molecule has 0 aromatic carbocycles. The van der Waals surface area contributed by atoms with E-state index in [0.29, 0.717) is 11.8 Å². The first-order chi connectivity index (χ1) is 5.75. The molecule has 1 aromatic rings. The van der Waals surface area contributed by atoms with Crippen LogP contribution in [0, 0.1) is 5.92 Å². The molecule has 0 fully saturated rings. The third-order valence-electron chi connectivity index (χ3n) is 2.37. The van der Waals surface area contributed by atoms with Gasteiger partial charge in [-0.05, 0) is 36.9 Å². The van der Waals surface area contributed by atoms with Crippen molar-refractivity contribution in [2.45, 2.75) is 19.8 Å². The smallest absolute Gasteiger partial charge is 0.00765 e. The van der Waals surface area contributed by atoms with Crippen LogP contribution >= 0.6 is 11.3 Å². The Morgan fingerprint density at radius 3 is 2.75 bits per heavy atom. The largest absolute Gasteiger partial charge is 0.319 e. The van der Waals surface area contributed by atoms with Gasteiger partial charge in [-0.2, -0.15) is 0 Å². The van der Waals surface area contributed by atoms with Crippen molar-refractivity contribution in [1.82, 2.24) is 5.32 Å².